The van der Waals surface area contributed by atoms with Crippen LogP contribution in [0.5, 0.6) is 0 Å². The fraction of sp³-hybridized carbons (Fsp3) is 0.828. The van der Waals surface area contributed by atoms with E-state index < -0.39 is 0 Å². The van der Waals surface area contributed by atoms with E-state index in [2.05, 4.69) is 47.6 Å². The average molecular weight is 425 g/mol. The van der Waals surface area contributed by atoms with Crippen molar-refractivity contribution < 1.29 is 9.53 Å². The molecule has 3 fully saturated rings. The number of esters is 1. The Kier molecular flexibility index (Phi) is 4.57. The van der Waals surface area contributed by atoms with E-state index in [1.807, 2.05) is 0 Å². The molecule has 2 nitrogen and oxygen atoms in total. The number of methoxy groups -OCH3 is 1. The summed E-state index contributed by atoms with van der Waals surface area (Å²) in [6.45, 7) is 15.0. The second kappa shape index (κ2) is 6.51. The third-order valence-electron chi connectivity index (χ3n) is 11.8. The zero-order valence-electron chi connectivity index (χ0n) is 21.1. The predicted octanol–water partition coefficient (Wildman–Crippen LogP) is 7.64. The van der Waals surface area contributed by atoms with Gasteiger partial charge in [-0.05, 0) is 105 Å². The summed E-state index contributed by atoms with van der Waals surface area (Å²) in [5.74, 6) is 1.16. The highest BCUT2D eigenvalue weighted by Gasteiger charge is 2.67. The molecule has 0 amide bonds. The van der Waals surface area contributed by atoms with Crippen molar-refractivity contribution in [2.24, 2.45) is 38.9 Å². The molecule has 0 unspecified atom stereocenters. The lowest BCUT2D eigenvalue weighted by Gasteiger charge is -2.67. The number of allylic oxidation sites excluding steroid dienone is 4. The van der Waals surface area contributed by atoms with Gasteiger partial charge < -0.3 is 4.74 Å². The molecule has 0 saturated heterocycles. The van der Waals surface area contributed by atoms with E-state index in [4.69, 9.17) is 4.74 Å². The molecule has 0 aliphatic heterocycles. The largest absolute Gasteiger partial charge is 0.469 e. The van der Waals surface area contributed by atoms with Gasteiger partial charge in [-0.3, -0.25) is 4.79 Å². The van der Waals surface area contributed by atoms with Crippen molar-refractivity contribution in [3.8, 4) is 0 Å². The zero-order chi connectivity index (χ0) is 22.4. The van der Waals surface area contributed by atoms with Crippen LogP contribution < -0.4 is 0 Å². The topological polar surface area (TPSA) is 26.3 Å². The van der Waals surface area contributed by atoms with Crippen molar-refractivity contribution in [2.45, 2.75) is 106 Å². The normalized spacial score (nSPS) is 48.2. The highest BCUT2D eigenvalue weighted by Crippen LogP contribution is 2.74. The molecule has 0 aromatic carbocycles. The van der Waals surface area contributed by atoms with Gasteiger partial charge in [-0.1, -0.05) is 57.4 Å². The quantitative estimate of drug-likeness (QED) is 0.319. The third kappa shape index (κ3) is 2.60. The van der Waals surface area contributed by atoms with Crippen LogP contribution in [-0.4, -0.2) is 13.1 Å². The minimum absolute atomic E-state index is 0.0652. The van der Waals surface area contributed by atoms with Crippen LogP contribution in [0.2, 0.25) is 0 Å². The summed E-state index contributed by atoms with van der Waals surface area (Å²) in [5.41, 5.74) is 6.05. The Morgan fingerprint density at radius 3 is 2.39 bits per heavy atom. The molecule has 0 aromatic rings. The summed E-state index contributed by atoms with van der Waals surface area (Å²) in [4.78, 5) is 13.3. The monoisotopic (exact) mass is 424 g/mol. The number of carbonyl (C=O) groups excluding carboxylic acids is 1. The van der Waals surface area contributed by atoms with Crippen LogP contribution in [0.4, 0.5) is 0 Å². The van der Waals surface area contributed by atoms with Crippen molar-refractivity contribution in [3.05, 3.63) is 22.8 Å². The van der Waals surface area contributed by atoms with Gasteiger partial charge >= 0.3 is 5.97 Å². The molecule has 0 heterocycles. The number of hydrogen-bond donors (Lipinski definition) is 0. The Morgan fingerprint density at radius 2 is 1.68 bits per heavy atom. The fourth-order valence-electron chi connectivity index (χ4n) is 9.63. The van der Waals surface area contributed by atoms with Gasteiger partial charge in [-0.15, -0.1) is 0 Å². The van der Waals surface area contributed by atoms with Crippen LogP contribution in [0.3, 0.4) is 0 Å². The van der Waals surface area contributed by atoms with Gasteiger partial charge in [0.15, 0.2) is 0 Å². The van der Waals surface area contributed by atoms with Crippen LogP contribution >= 0.6 is 0 Å². The van der Waals surface area contributed by atoms with Crippen LogP contribution in [0.1, 0.15) is 106 Å². The van der Waals surface area contributed by atoms with E-state index in [9.17, 15) is 4.79 Å². The molecule has 0 bridgehead atoms. The van der Waals surface area contributed by atoms with E-state index in [0.29, 0.717) is 22.2 Å². The molecule has 5 aliphatic rings. The summed E-state index contributed by atoms with van der Waals surface area (Å²) in [6, 6.07) is 0. The molecule has 2 heteroatoms. The van der Waals surface area contributed by atoms with Gasteiger partial charge in [-0.2, -0.15) is 0 Å². The van der Waals surface area contributed by atoms with E-state index in [-0.39, 0.29) is 16.8 Å². The molecule has 6 atom stereocenters. The second-order valence-electron chi connectivity index (χ2n) is 13.4. The van der Waals surface area contributed by atoms with E-state index in [1.54, 1.807) is 23.8 Å². The average Bonchev–Trinajstić information content (AvgIpc) is 3.02. The van der Waals surface area contributed by atoms with Crippen LogP contribution in [0, 0.1) is 38.9 Å². The second-order valence-corrected chi connectivity index (χ2v) is 13.4. The van der Waals surface area contributed by atoms with Gasteiger partial charge in [0.1, 0.15) is 0 Å². The first-order valence-electron chi connectivity index (χ1n) is 12.9. The molecule has 5 aliphatic carbocycles. The van der Waals surface area contributed by atoms with Crippen LogP contribution in [0.15, 0.2) is 22.8 Å². The van der Waals surface area contributed by atoms with E-state index in [0.717, 1.165) is 38.0 Å². The molecule has 31 heavy (non-hydrogen) atoms. The molecule has 3 saturated carbocycles. The van der Waals surface area contributed by atoms with Crippen molar-refractivity contribution in [1.29, 1.82) is 0 Å². The zero-order valence-corrected chi connectivity index (χ0v) is 21.1. The van der Waals surface area contributed by atoms with Crippen molar-refractivity contribution >= 4 is 5.97 Å². The van der Waals surface area contributed by atoms with Gasteiger partial charge in [0, 0.05) is 0 Å². The summed E-state index contributed by atoms with van der Waals surface area (Å²) < 4.78 is 5.47. The fourth-order valence-corrected chi connectivity index (χ4v) is 9.63. The predicted molar refractivity (Wildman–Crippen MR) is 126 cm³/mol. The van der Waals surface area contributed by atoms with Gasteiger partial charge in [0.2, 0.25) is 0 Å². The number of carbonyl (C=O) groups is 1. The molecule has 172 valence electrons. The molecule has 0 spiro atoms. The first-order valence-corrected chi connectivity index (χ1v) is 12.9. The standard InChI is InChI=1S/C29H44O2/c1-19-10-12-26(4)20(19)11-13-28(6)23(26)9-8-21-22-18-25(2,3)14-16-29(22,24(30)31-7)17-15-27(21,28)5/h8,22-23H,9-18H2,1-7H3/t22-,23-,26-,27+,28+,29-/m0/s1. The lowest BCUT2D eigenvalue weighted by molar-refractivity contribution is -0.170. The molecular formula is C29H44O2. The minimum atomic E-state index is -0.285. The molecular weight excluding hydrogens is 380 g/mol. The Morgan fingerprint density at radius 1 is 0.968 bits per heavy atom. The first kappa shape index (κ1) is 21.8. The number of hydrogen-bond acceptors (Lipinski definition) is 2. The Bertz CT molecular complexity index is 877. The minimum Gasteiger partial charge on any atom is -0.469 e. The number of ether oxygens (including phenoxy) is 1. The van der Waals surface area contributed by atoms with Crippen LogP contribution in [0.25, 0.3) is 0 Å². The summed E-state index contributed by atoms with van der Waals surface area (Å²) >= 11 is 0. The maximum Gasteiger partial charge on any atom is 0.312 e. The lowest BCUT2D eigenvalue weighted by Crippen LogP contribution is -2.61. The molecule has 0 radical (unpaired) electrons. The maximum absolute atomic E-state index is 13.3. The third-order valence-corrected chi connectivity index (χ3v) is 11.8. The Balaban J connectivity index is 1.62. The van der Waals surface area contributed by atoms with Crippen molar-refractivity contribution in [3.63, 3.8) is 0 Å². The first-order chi connectivity index (χ1) is 14.4. The van der Waals surface area contributed by atoms with Crippen molar-refractivity contribution in [2.75, 3.05) is 7.11 Å². The van der Waals surface area contributed by atoms with Gasteiger partial charge in [0.05, 0.1) is 12.5 Å². The SMILES string of the molecule is COC(=O)[C@]12CCC(C)(C)C[C@H]1C1=CC[C@H]3[C@@]4(C)CCC(C)=C4CC[C@@]3(C)[C@]1(C)CC2. The maximum atomic E-state index is 13.3. The van der Waals surface area contributed by atoms with Crippen LogP contribution in [-0.2, 0) is 9.53 Å². The summed E-state index contributed by atoms with van der Waals surface area (Å²) in [6.07, 6.45) is 14.5. The smallest absolute Gasteiger partial charge is 0.312 e. The highest BCUT2D eigenvalue weighted by atomic mass is 16.5. The number of fused-ring (bicyclic) bond motifs is 7. The lowest BCUT2D eigenvalue weighted by atomic mass is 9.36. The summed E-state index contributed by atoms with van der Waals surface area (Å²) in [5, 5.41) is 0. The van der Waals surface area contributed by atoms with E-state index >= 15 is 0 Å². The molecule has 0 N–H and O–H groups in total. The van der Waals surface area contributed by atoms with Gasteiger partial charge in [0.25, 0.3) is 0 Å². The number of rotatable bonds is 1. The van der Waals surface area contributed by atoms with Gasteiger partial charge in [-0.25, -0.2) is 0 Å². The molecule has 5 rings (SSSR count). The Hall–Kier alpha value is -1.05. The van der Waals surface area contributed by atoms with E-state index in [1.165, 1.54) is 32.1 Å². The van der Waals surface area contributed by atoms with Crippen molar-refractivity contribution in [1.82, 2.24) is 0 Å². The molecule has 0 aromatic heterocycles. The Labute approximate surface area is 190 Å². The summed E-state index contributed by atoms with van der Waals surface area (Å²) in [7, 11) is 1.60. The highest BCUT2D eigenvalue weighted by molar-refractivity contribution is 5.78.